The first-order chi connectivity index (χ1) is 6.52. The molecule has 14 heavy (non-hydrogen) atoms. The lowest BCUT2D eigenvalue weighted by molar-refractivity contribution is -0.154. The minimum absolute atomic E-state index is 0.0185. The molecule has 0 aliphatic carbocycles. The first-order valence-corrected chi connectivity index (χ1v) is 4.49. The van der Waals surface area contributed by atoms with E-state index in [2.05, 4.69) is 4.74 Å². The van der Waals surface area contributed by atoms with Gasteiger partial charge in [-0.15, -0.1) is 0 Å². The maximum absolute atomic E-state index is 11.1. The van der Waals surface area contributed by atoms with Gasteiger partial charge in [0.15, 0.2) is 0 Å². The van der Waals surface area contributed by atoms with E-state index in [0.717, 1.165) is 0 Å². The van der Waals surface area contributed by atoms with Gasteiger partial charge in [-0.1, -0.05) is 6.92 Å². The third kappa shape index (κ3) is 2.31. The van der Waals surface area contributed by atoms with Crippen molar-refractivity contribution in [2.24, 2.45) is 11.8 Å². The van der Waals surface area contributed by atoms with E-state index in [1.807, 2.05) is 0 Å². The fourth-order valence-corrected chi connectivity index (χ4v) is 1.48. The molecular formula is C9H12O5. The molecule has 1 rings (SSSR count). The number of cyclic esters (lactones) is 2. The smallest absolute Gasteiger partial charge is 0.317 e. The van der Waals surface area contributed by atoms with Gasteiger partial charge >= 0.3 is 17.9 Å². The number of carboxylic acids is 1. The number of hydrogen-bond acceptors (Lipinski definition) is 4. The highest BCUT2D eigenvalue weighted by molar-refractivity contribution is 5.96. The van der Waals surface area contributed by atoms with Gasteiger partial charge in [0, 0.05) is 6.42 Å². The van der Waals surface area contributed by atoms with E-state index in [1.165, 1.54) is 0 Å². The van der Waals surface area contributed by atoms with Crippen molar-refractivity contribution in [3.8, 4) is 0 Å². The van der Waals surface area contributed by atoms with E-state index in [0.29, 0.717) is 12.8 Å². The Morgan fingerprint density at radius 2 is 2.07 bits per heavy atom. The van der Waals surface area contributed by atoms with Crippen molar-refractivity contribution in [3.05, 3.63) is 0 Å². The molecule has 78 valence electrons. The van der Waals surface area contributed by atoms with E-state index in [1.54, 1.807) is 6.92 Å². The molecule has 1 heterocycles. The van der Waals surface area contributed by atoms with Crippen LogP contribution in [0.4, 0.5) is 0 Å². The van der Waals surface area contributed by atoms with Gasteiger partial charge in [0.05, 0.1) is 11.8 Å². The van der Waals surface area contributed by atoms with Crippen molar-refractivity contribution in [1.82, 2.24) is 0 Å². The van der Waals surface area contributed by atoms with Gasteiger partial charge in [-0.3, -0.25) is 14.4 Å². The fraction of sp³-hybridized carbons (Fsp3) is 0.667. The standard InChI is InChI=1S/C9H12O5/c1-5-6(3-2-4-7(10)11)9(13)14-8(5)12/h5-6H,2-4H2,1H3,(H,10,11). The lowest BCUT2D eigenvalue weighted by Gasteiger charge is -2.06. The molecule has 0 aromatic rings. The topological polar surface area (TPSA) is 80.7 Å². The molecule has 0 saturated carbocycles. The zero-order chi connectivity index (χ0) is 10.7. The van der Waals surface area contributed by atoms with E-state index < -0.39 is 29.7 Å². The molecule has 5 nitrogen and oxygen atoms in total. The van der Waals surface area contributed by atoms with E-state index >= 15 is 0 Å². The Hall–Kier alpha value is -1.39. The van der Waals surface area contributed by atoms with Crippen LogP contribution in [0.15, 0.2) is 0 Å². The summed E-state index contributed by atoms with van der Waals surface area (Å²) in [5.41, 5.74) is 0. The second-order valence-corrected chi connectivity index (χ2v) is 3.42. The molecule has 5 heteroatoms. The van der Waals surface area contributed by atoms with Crippen LogP contribution in [-0.2, 0) is 19.1 Å². The summed E-state index contributed by atoms with van der Waals surface area (Å²) in [5, 5.41) is 8.39. The number of rotatable bonds is 4. The van der Waals surface area contributed by atoms with Crippen molar-refractivity contribution in [3.63, 3.8) is 0 Å². The minimum Gasteiger partial charge on any atom is -0.481 e. The van der Waals surface area contributed by atoms with Gasteiger partial charge in [-0.25, -0.2) is 0 Å². The Bertz CT molecular complexity index is 270. The molecule has 1 aliphatic rings. The summed E-state index contributed by atoms with van der Waals surface area (Å²) in [6.07, 6.45) is 0.815. The number of carbonyl (C=O) groups excluding carboxylic acids is 2. The van der Waals surface area contributed by atoms with Crippen LogP contribution in [0.5, 0.6) is 0 Å². The lowest BCUT2D eigenvalue weighted by atomic mass is 9.92. The fourth-order valence-electron chi connectivity index (χ4n) is 1.48. The molecule has 0 bridgehead atoms. The van der Waals surface area contributed by atoms with E-state index in [4.69, 9.17) is 5.11 Å². The van der Waals surface area contributed by atoms with Crippen molar-refractivity contribution < 1.29 is 24.2 Å². The van der Waals surface area contributed by atoms with Crippen molar-refractivity contribution in [2.75, 3.05) is 0 Å². The van der Waals surface area contributed by atoms with Gasteiger partial charge in [-0.2, -0.15) is 0 Å². The lowest BCUT2D eigenvalue weighted by Crippen LogP contribution is -2.15. The van der Waals surface area contributed by atoms with E-state index in [9.17, 15) is 14.4 Å². The highest BCUT2D eigenvalue weighted by Gasteiger charge is 2.40. The quantitative estimate of drug-likeness (QED) is 0.530. The number of carboxylic acid groups (broad SMARTS) is 1. The van der Waals surface area contributed by atoms with Gasteiger partial charge < -0.3 is 9.84 Å². The van der Waals surface area contributed by atoms with Crippen LogP contribution < -0.4 is 0 Å². The summed E-state index contributed by atoms with van der Waals surface area (Å²) in [5.74, 6) is -2.81. The zero-order valence-corrected chi connectivity index (χ0v) is 7.86. The average molecular weight is 200 g/mol. The maximum Gasteiger partial charge on any atom is 0.317 e. The largest absolute Gasteiger partial charge is 0.481 e. The molecule has 1 fully saturated rings. The first-order valence-electron chi connectivity index (χ1n) is 4.49. The molecule has 1 aliphatic heterocycles. The second-order valence-electron chi connectivity index (χ2n) is 3.42. The van der Waals surface area contributed by atoms with Gasteiger partial charge in [0.1, 0.15) is 0 Å². The molecule has 1 N–H and O–H groups in total. The molecule has 0 spiro atoms. The number of esters is 2. The SMILES string of the molecule is CC1C(=O)OC(=O)C1CCCC(=O)O. The second kappa shape index (κ2) is 4.21. The summed E-state index contributed by atoms with van der Waals surface area (Å²) >= 11 is 0. The number of ether oxygens (including phenoxy) is 1. The summed E-state index contributed by atoms with van der Waals surface area (Å²) in [6.45, 7) is 1.62. The summed E-state index contributed by atoms with van der Waals surface area (Å²) in [4.78, 5) is 32.2. The van der Waals surface area contributed by atoms with Crippen molar-refractivity contribution >= 4 is 17.9 Å². The number of hydrogen-bond donors (Lipinski definition) is 1. The number of aliphatic carboxylic acids is 1. The normalized spacial score (nSPS) is 26.4. The van der Waals surface area contributed by atoms with Gasteiger partial charge in [-0.05, 0) is 12.8 Å². The van der Waals surface area contributed by atoms with Crippen LogP contribution in [0.1, 0.15) is 26.2 Å². The molecule has 0 amide bonds. The molecular weight excluding hydrogens is 188 g/mol. The molecule has 0 aromatic carbocycles. The third-order valence-corrected chi connectivity index (χ3v) is 2.39. The summed E-state index contributed by atoms with van der Waals surface area (Å²) < 4.78 is 4.42. The molecule has 2 unspecified atom stereocenters. The first kappa shape index (κ1) is 10.7. The molecule has 0 radical (unpaired) electrons. The Morgan fingerprint density at radius 1 is 1.43 bits per heavy atom. The number of carbonyl (C=O) groups is 3. The van der Waals surface area contributed by atoms with Crippen LogP contribution in [0.25, 0.3) is 0 Å². The Kier molecular flexibility index (Phi) is 3.22. The predicted octanol–water partition coefficient (Wildman–Crippen LogP) is 0.577. The highest BCUT2D eigenvalue weighted by atomic mass is 16.6. The van der Waals surface area contributed by atoms with Crippen LogP contribution >= 0.6 is 0 Å². The summed E-state index contributed by atoms with van der Waals surface area (Å²) in [6, 6.07) is 0. The molecule has 0 aromatic heterocycles. The van der Waals surface area contributed by atoms with E-state index in [-0.39, 0.29) is 6.42 Å². The Morgan fingerprint density at radius 3 is 2.50 bits per heavy atom. The van der Waals surface area contributed by atoms with Crippen LogP contribution in [0.3, 0.4) is 0 Å². The average Bonchev–Trinajstić information content (AvgIpc) is 2.31. The summed E-state index contributed by atoms with van der Waals surface area (Å²) in [7, 11) is 0. The van der Waals surface area contributed by atoms with Crippen molar-refractivity contribution in [2.45, 2.75) is 26.2 Å². The zero-order valence-electron chi connectivity index (χ0n) is 7.86. The van der Waals surface area contributed by atoms with Gasteiger partial charge in [0.2, 0.25) is 0 Å². The van der Waals surface area contributed by atoms with Crippen molar-refractivity contribution in [1.29, 1.82) is 0 Å². The highest BCUT2D eigenvalue weighted by Crippen LogP contribution is 2.27. The third-order valence-electron chi connectivity index (χ3n) is 2.39. The monoisotopic (exact) mass is 200 g/mol. The van der Waals surface area contributed by atoms with Crippen LogP contribution in [0, 0.1) is 11.8 Å². The van der Waals surface area contributed by atoms with Crippen LogP contribution in [0.2, 0.25) is 0 Å². The maximum atomic E-state index is 11.1. The Balaban J connectivity index is 2.40. The predicted molar refractivity (Wildman–Crippen MR) is 45.2 cm³/mol. The minimum atomic E-state index is -0.893. The Labute approximate surface area is 81.0 Å². The van der Waals surface area contributed by atoms with Crippen LogP contribution in [-0.4, -0.2) is 23.0 Å². The molecule has 2 atom stereocenters. The molecule has 1 saturated heterocycles. The van der Waals surface area contributed by atoms with Gasteiger partial charge in [0.25, 0.3) is 0 Å².